The van der Waals surface area contributed by atoms with E-state index in [2.05, 4.69) is 10.3 Å². The Morgan fingerprint density at radius 2 is 1.64 bits per heavy atom. The third-order valence-corrected chi connectivity index (χ3v) is 4.88. The summed E-state index contributed by atoms with van der Waals surface area (Å²) >= 11 is 5.89. The van der Waals surface area contributed by atoms with Crippen molar-refractivity contribution < 1.29 is 9.53 Å². The first kappa shape index (κ1) is 19.9. The Balaban J connectivity index is 1.72. The van der Waals surface area contributed by atoms with Crippen molar-refractivity contribution in [2.45, 2.75) is 33.8 Å². The smallest absolute Gasteiger partial charge is 0.229 e. The second-order valence-corrected chi connectivity index (χ2v) is 7.19. The Labute approximate surface area is 170 Å². The minimum atomic E-state index is -0.116. The van der Waals surface area contributed by atoms with E-state index in [0.717, 1.165) is 33.7 Å². The van der Waals surface area contributed by atoms with Gasteiger partial charge in [0.15, 0.2) is 0 Å². The van der Waals surface area contributed by atoms with Gasteiger partial charge in [0, 0.05) is 5.02 Å². The van der Waals surface area contributed by atoms with Gasteiger partial charge in [-0.25, -0.2) is 4.98 Å². The quantitative estimate of drug-likeness (QED) is 0.607. The zero-order valence-electron chi connectivity index (χ0n) is 16.3. The van der Waals surface area contributed by atoms with Gasteiger partial charge in [0.2, 0.25) is 5.91 Å². The SMILES string of the molecule is Cc1nc(NC(=O)Cc2ccc(Cl)cc2)c(C)c(C)c1OCc1ccccc1. The lowest BCUT2D eigenvalue weighted by atomic mass is 10.1. The van der Waals surface area contributed by atoms with Gasteiger partial charge in [0.05, 0.1) is 12.1 Å². The maximum absolute atomic E-state index is 12.4. The fourth-order valence-electron chi connectivity index (χ4n) is 2.95. The molecule has 28 heavy (non-hydrogen) atoms. The van der Waals surface area contributed by atoms with Gasteiger partial charge in [-0.1, -0.05) is 54.1 Å². The van der Waals surface area contributed by atoms with Gasteiger partial charge in [-0.05, 0) is 55.2 Å². The maximum Gasteiger partial charge on any atom is 0.229 e. The molecule has 0 aliphatic rings. The number of nitrogens with one attached hydrogen (secondary N) is 1. The fraction of sp³-hybridized carbons (Fsp3) is 0.217. The Morgan fingerprint density at radius 3 is 2.32 bits per heavy atom. The number of aryl methyl sites for hydroxylation is 1. The first-order valence-corrected chi connectivity index (χ1v) is 9.50. The van der Waals surface area contributed by atoms with E-state index in [4.69, 9.17) is 16.3 Å². The number of carbonyl (C=O) groups is 1. The molecule has 0 atom stereocenters. The highest BCUT2D eigenvalue weighted by Gasteiger charge is 2.15. The highest BCUT2D eigenvalue weighted by molar-refractivity contribution is 6.30. The molecule has 1 amide bonds. The number of nitrogens with zero attached hydrogens (tertiary/aromatic N) is 1. The molecule has 4 nitrogen and oxygen atoms in total. The molecule has 2 aromatic carbocycles. The maximum atomic E-state index is 12.4. The Bertz CT molecular complexity index is 970. The van der Waals surface area contributed by atoms with E-state index < -0.39 is 0 Å². The number of halogens is 1. The number of hydrogen-bond donors (Lipinski definition) is 1. The average molecular weight is 395 g/mol. The molecule has 0 fully saturated rings. The van der Waals surface area contributed by atoms with Crippen LogP contribution in [0.2, 0.25) is 5.02 Å². The molecule has 0 saturated heterocycles. The van der Waals surface area contributed by atoms with Gasteiger partial charge >= 0.3 is 0 Å². The predicted octanol–water partition coefficient (Wildman–Crippen LogP) is 5.42. The van der Waals surface area contributed by atoms with Crippen LogP contribution in [0.15, 0.2) is 54.6 Å². The van der Waals surface area contributed by atoms with E-state index in [0.29, 0.717) is 17.4 Å². The zero-order valence-corrected chi connectivity index (χ0v) is 17.0. The van der Waals surface area contributed by atoms with Gasteiger partial charge in [-0.15, -0.1) is 0 Å². The van der Waals surface area contributed by atoms with Crippen LogP contribution in [0.1, 0.15) is 27.9 Å². The van der Waals surface area contributed by atoms with E-state index in [1.807, 2.05) is 63.2 Å². The summed E-state index contributed by atoms with van der Waals surface area (Å²) in [6.07, 6.45) is 0.267. The first-order valence-electron chi connectivity index (χ1n) is 9.13. The number of hydrogen-bond acceptors (Lipinski definition) is 3. The predicted molar refractivity (Wildman–Crippen MR) is 113 cm³/mol. The van der Waals surface area contributed by atoms with Crippen molar-refractivity contribution in [2.75, 3.05) is 5.32 Å². The van der Waals surface area contributed by atoms with Crippen molar-refractivity contribution in [2.24, 2.45) is 0 Å². The number of carbonyl (C=O) groups excluding carboxylic acids is 1. The normalized spacial score (nSPS) is 10.6. The highest BCUT2D eigenvalue weighted by Crippen LogP contribution is 2.29. The zero-order chi connectivity index (χ0) is 20.1. The summed E-state index contributed by atoms with van der Waals surface area (Å²) in [7, 11) is 0. The Morgan fingerprint density at radius 1 is 0.964 bits per heavy atom. The molecule has 5 heteroatoms. The second kappa shape index (κ2) is 8.89. The van der Waals surface area contributed by atoms with Crippen LogP contribution in [0.25, 0.3) is 0 Å². The molecular formula is C23H23ClN2O2. The molecule has 0 aliphatic carbocycles. The second-order valence-electron chi connectivity index (χ2n) is 6.75. The van der Waals surface area contributed by atoms with E-state index in [9.17, 15) is 4.79 Å². The molecule has 1 heterocycles. The number of aromatic nitrogens is 1. The van der Waals surface area contributed by atoms with Crippen LogP contribution in [0.4, 0.5) is 5.82 Å². The fourth-order valence-corrected chi connectivity index (χ4v) is 3.08. The molecule has 3 rings (SSSR count). The minimum absolute atomic E-state index is 0.116. The summed E-state index contributed by atoms with van der Waals surface area (Å²) in [6.45, 7) is 6.29. The van der Waals surface area contributed by atoms with Crippen molar-refractivity contribution in [1.82, 2.24) is 4.98 Å². The molecule has 144 valence electrons. The average Bonchev–Trinajstić information content (AvgIpc) is 2.68. The summed E-state index contributed by atoms with van der Waals surface area (Å²) in [5.41, 5.74) is 4.62. The summed E-state index contributed by atoms with van der Waals surface area (Å²) in [4.78, 5) is 17.0. The van der Waals surface area contributed by atoms with Gasteiger partial charge in [0.25, 0.3) is 0 Å². The number of benzene rings is 2. The third-order valence-electron chi connectivity index (χ3n) is 4.63. The van der Waals surface area contributed by atoms with Crippen LogP contribution >= 0.6 is 11.6 Å². The van der Waals surface area contributed by atoms with Crippen LogP contribution in [-0.2, 0) is 17.8 Å². The van der Waals surface area contributed by atoms with Crippen LogP contribution in [0, 0.1) is 20.8 Å². The lowest BCUT2D eigenvalue weighted by molar-refractivity contribution is -0.115. The molecule has 0 radical (unpaired) electrons. The minimum Gasteiger partial charge on any atom is -0.487 e. The van der Waals surface area contributed by atoms with E-state index in [1.165, 1.54) is 0 Å². The molecule has 0 aliphatic heterocycles. The molecule has 0 saturated carbocycles. The van der Waals surface area contributed by atoms with Crippen molar-refractivity contribution in [3.63, 3.8) is 0 Å². The Kier molecular flexibility index (Phi) is 6.32. The van der Waals surface area contributed by atoms with Crippen molar-refractivity contribution in [1.29, 1.82) is 0 Å². The highest BCUT2D eigenvalue weighted by atomic mass is 35.5. The van der Waals surface area contributed by atoms with Gasteiger partial charge in [-0.3, -0.25) is 4.79 Å². The molecule has 1 aromatic heterocycles. The topological polar surface area (TPSA) is 51.2 Å². The molecule has 0 bridgehead atoms. The van der Waals surface area contributed by atoms with Gasteiger partial charge in [0.1, 0.15) is 18.2 Å². The summed E-state index contributed by atoms with van der Waals surface area (Å²) < 4.78 is 6.01. The van der Waals surface area contributed by atoms with Crippen molar-refractivity contribution in [3.8, 4) is 5.75 Å². The number of ether oxygens (including phenoxy) is 1. The molecule has 1 N–H and O–H groups in total. The van der Waals surface area contributed by atoms with E-state index >= 15 is 0 Å². The largest absolute Gasteiger partial charge is 0.487 e. The molecule has 0 unspecified atom stereocenters. The standard InChI is InChI=1S/C23H23ClN2O2/c1-15-16(2)23(26-21(27)13-18-9-11-20(24)12-10-18)25-17(3)22(15)28-14-19-7-5-4-6-8-19/h4-12H,13-14H2,1-3H3,(H,25,26,27). The Hall–Kier alpha value is -2.85. The first-order chi connectivity index (χ1) is 13.4. The lowest BCUT2D eigenvalue weighted by Gasteiger charge is -2.17. The molecule has 0 spiro atoms. The number of anilines is 1. The summed E-state index contributed by atoms with van der Waals surface area (Å²) in [5.74, 6) is 1.22. The van der Waals surface area contributed by atoms with E-state index in [1.54, 1.807) is 12.1 Å². The number of pyridine rings is 1. The monoisotopic (exact) mass is 394 g/mol. The summed E-state index contributed by atoms with van der Waals surface area (Å²) in [6, 6.07) is 17.3. The van der Waals surface area contributed by atoms with Gasteiger partial charge < -0.3 is 10.1 Å². The van der Waals surface area contributed by atoms with Crippen LogP contribution < -0.4 is 10.1 Å². The third kappa shape index (κ3) is 4.90. The molecule has 3 aromatic rings. The summed E-state index contributed by atoms with van der Waals surface area (Å²) in [5, 5.41) is 3.57. The lowest BCUT2D eigenvalue weighted by Crippen LogP contribution is -2.17. The van der Waals surface area contributed by atoms with E-state index in [-0.39, 0.29) is 12.3 Å². The van der Waals surface area contributed by atoms with Gasteiger partial charge in [-0.2, -0.15) is 0 Å². The van der Waals surface area contributed by atoms with Crippen molar-refractivity contribution in [3.05, 3.63) is 87.6 Å². The van der Waals surface area contributed by atoms with Crippen LogP contribution in [-0.4, -0.2) is 10.9 Å². The molecular weight excluding hydrogens is 372 g/mol. The van der Waals surface area contributed by atoms with Crippen LogP contribution in [0.5, 0.6) is 5.75 Å². The van der Waals surface area contributed by atoms with Crippen molar-refractivity contribution >= 4 is 23.3 Å². The van der Waals surface area contributed by atoms with Crippen LogP contribution in [0.3, 0.4) is 0 Å². The number of amides is 1. The number of rotatable bonds is 6.